The maximum Gasteiger partial charge on any atom is 0.410 e. The molecule has 1 aliphatic rings. The zero-order valence-corrected chi connectivity index (χ0v) is 14.4. The third-order valence-corrected chi connectivity index (χ3v) is 3.26. The van der Waals surface area contributed by atoms with Gasteiger partial charge in [0.25, 0.3) is 11.8 Å². The molecule has 1 atom stereocenters. The molecule has 3 amide bonds. The molecule has 1 N–H and O–H groups in total. The second-order valence-electron chi connectivity index (χ2n) is 6.49. The molecule has 1 rings (SSSR count). The topological polar surface area (TPSA) is 104 Å². The SMILES string of the molecule is CCCN(CC[C@@H](C(=O)O)N1C(=O)C=CC1=O)C(=O)OC(C)(C)C. The average Bonchev–Trinajstić information content (AvgIpc) is 2.76. The van der Waals surface area contributed by atoms with E-state index in [-0.39, 0.29) is 13.0 Å². The van der Waals surface area contributed by atoms with Crippen LogP contribution in [0.1, 0.15) is 40.5 Å². The van der Waals surface area contributed by atoms with Gasteiger partial charge in [0.1, 0.15) is 11.6 Å². The van der Waals surface area contributed by atoms with Crippen molar-refractivity contribution in [3.63, 3.8) is 0 Å². The fraction of sp³-hybridized carbons (Fsp3) is 0.625. The first-order chi connectivity index (χ1) is 11.1. The fourth-order valence-corrected chi connectivity index (χ4v) is 2.25. The van der Waals surface area contributed by atoms with E-state index in [0.29, 0.717) is 17.9 Å². The lowest BCUT2D eigenvalue weighted by Gasteiger charge is -2.29. The number of rotatable bonds is 7. The molecular weight excluding hydrogens is 316 g/mol. The Morgan fingerprint density at radius 2 is 1.75 bits per heavy atom. The van der Waals surface area contributed by atoms with Crippen molar-refractivity contribution in [1.82, 2.24) is 9.80 Å². The van der Waals surface area contributed by atoms with E-state index in [4.69, 9.17) is 4.74 Å². The highest BCUT2D eigenvalue weighted by Crippen LogP contribution is 2.15. The van der Waals surface area contributed by atoms with Crippen LogP contribution in [0.4, 0.5) is 4.79 Å². The smallest absolute Gasteiger partial charge is 0.410 e. The Hall–Kier alpha value is -2.38. The van der Waals surface area contributed by atoms with E-state index in [1.807, 2.05) is 6.92 Å². The normalized spacial score (nSPS) is 15.6. The number of hydrogen-bond donors (Lipinski definition) is 1. The molecular formula is C16H24N2O6. The van der Waals surface area contributed by atoms with E-state index in [1.165, 1.54) is 4.90 Å². The van der Waals surface area contributed by atoms with Gasteiger partial charge in [0.05, 0.1) is 0 Å². The zero-order chi connectivity index (χ0) is 18.5. The van der Waals surface area contributed by atoms with Gasteiger partial charge in [0.15, 0.2) is 0 Å². The van der Waals surface area contributed by atoms with Crippen molar-refractivity contribution in [3.05, 3.63) is 12.2 Å². The Balaban J connectivity index is 2.79. The Bertz CT molecular complexity index is 531. The summed E-state index contributed by atoms with van der Waals surface area (Å²) in [5, 5.41) is 9.33. The third-order valence-electron chi connectivity index (χ3n) is 3.26. The Morgan fingerprint density at radius 1 is 1.21 bits per heavy atom. The number of aliphatic carboxylic acids is 1. The summed E-state index contributed by atoms with van der Waals surface area (Å²) in [6.07, 6.45) is 2.13. The minimum atomic E-state index is -1.32. The van der Waals surface area contributed by atoms with Gasteiger partial charge in [-0.1, -0.05) is 6.92 Å². The van der Waals surface area contributed by atoms with Crippen LogP contribution in [0.25, 0.3) is 0 Å². The quantitative estimate of drug-likeness (QED) is 0.703. The summed E-state index contributed by atoms with van der Waals surface area (Å²) in [4.78, 5) is 49.0. The molecule has 1 aliphatic heterocycles. The second-order valence-corrected chi connectivity index (χ2v) is 6.49. The maximum atomic E-state index is 12.2. The van der Waals surface area contributed by atoms with Crippen LogP contribution < -0.4 is 0 Å². The Labute approximate surface area is 141 Å². The van der Waals surface area contributed by atoms with E-state index in [9.17, 15) is 24.3 Å². The molecule has 8 heteroatoms. The van der Waals surface area contributed by atoms with Crippen LogP contribution in [0.5, 0.6) is 0 Å². The van der Waals surface area contributed by atoms with Gasteiger partial charge in [-0.15, -0.1) is 0 Å². The molecule has 0 saturated heterocycles. The lowest BCUT2D eigenvalue weighted by molar-refractivity contribution is -0.153. The molecule has 0 aromatic carbocycles. The van der Waals surface area contributed by atoms with Gasteiger partial charge in [0.2, 0.25) is 0 Å². The molecule has 0 spiro atoms. The summed E-state index contributed by atoms with van der Waals surface area (Å²) in [5.41, 5.74) is -0.667. The fourth-order valence-electron chi connectivity index (χ4n) is 2.25. The summed E-state index contributed by atoms with van der Waals surface area (Å²) < 4.78 is 5.29. The van der Waals surface area contributed by atoms with Crippen LogP contribution in [0, 0.1) is 0 Å². The maximum absolute atomic E-state index is 12.2. The predicted molar refractivity (Wildman–Crippen MR) is 85.1 cm³/mol. The van der Waals surface area contributed by atoms with Crippen LogP contribution in [-0.4, -0.2) is 63.5 Å². The molecule has 134 valence electrons. The highest BCUT2D eigenvalue weighted by atomic mass is 16.6. The van der Waals surface area contributed by atoms with Gasteiger partial charge in [-0.25, -0.2) is 9.59 Å². The van der Waals surface area contributed by atoms with Crippen LogP contribution in [0.2, 0.25) is 0 Å². The number of amides is 3. The molecule has 0 unspecified atom stereocenters. The van der Waals surface area contributed by atoms with Gasteiger partial charge < -0.3 is 14.7 Å². The predicted octanol–water partition coefficient (Wildman–Crippen LogP) is 1.40. The van der Waals surface area contributed by atoms with E-state index >= 15 is 0 Å². The highest BCUT2D eigenvalue weighted by Gasteiger charge is 2.36. The standard InChI is InChI=1S/C16H24N2O6/c1-5-9-17(15(23)24-16(2,3)4)10-8-11(14(21)22)18-12(19)6-7-13(18)20/h6-7,11H,5,8-10H2,1-4H3,(H,21,22)/t11-/m0/s1. The molecule has 0 aromatic rings. The van der Waals surface area contributed by atoms with E-state index in [0.717, 1.165) is 12.2 Å². The van der Waals surface area contributed by atoms with E-state index in [2.05, 4.69) is 0 Å². The number of carboxylic acid groups (broad SMARTS) is 1. The van der Waals surface area contributed by atoms with E-state index < -0.39 is 35.5 Å². The minimum absolute atomic E-state index is 0.0618. The van der Waals surface area contributed by atoms with Gasteiger partial charge >= 0.3 is 12.1 Å². The molecule has 8 nitrogen and oxygen atoms in total. The second kappa shape index (κ2) is 7.94. The third kappa shape index (κ3) is 5.36. The van der Waals surface area contributed by atoms with Crippen molar-refractivity contribution in [3.8, 4) is 0 Å². The number of imide groups is 1. The molecule has 1 heterocycles. The highest BCUT2D eigenvalue weighted by molar-refractivity contribution is 6.14. The van der Waals surface area contributed by atoms with Crippen molar-refractivity contribution in [1.29, 1.82) is 0 Å². The molecule has 0 aromatic heterocycles. The molecule has 0 bridgehead atoms. The summed E-state index contributed by atoms with van der Waals surface area (Å²) in [5.74, 6) is -2.61. The molecule has 24 heavy (non-hydrogen) atoms. The van der Waals surface area contributed by atoms with Gasteiger partial charge in [0, 0.05) is 25.2 Å². The van der Waals surface area contributed by atoms with Gasteiger partial charge in [-0.3, -0.25) is 14.5 Å². The lowest BCUT2D eigenvalue weighted by Crippen LogP contribution is -2.47. The number of carbonyl (C=O) groups excluding carboxylic acids is 3. The summed E-state index contributed by atoms with van der Waals surface area (Å²) >= 11 is 0. The first kappa shape index (κ1) is 19.7. The van der Waals surface area contributed by atoms with Crippen LogP contribution in [0.3, 0.4) is 0 Å². The minimum Gasteiger partial charge on any atom is -0.480 e. The summed E-state index contributed by atoms with van der Waals surface area (Å²) in [7, 11) is 0. The monoisotopic (exact) mass is 340 g/mol. The van der Waals surface area contributed by atoms with Crippen molar-refractivity contribution >= 4 is 23.9 Å². The molecule has 0 aliphatic carbocycles. The molecule has 0 radical (unpaired) electrons. The number of ether oxygens (including phenoxy) is 1. The van der Waals surface area contributed by atoms with E-state index in [1.54, 1.807) is 20.8 Å². The van der Waals surface area contributed by atoms with Crippen molar-refractivity contribution in [2.24, 2.45) is 0 Å². The lowest BCUT2D eigenvalue weighted by atomic mass is 10.1. The largest absolute Gasteiger partial charge is 0.480 e. The summed E-state index contributed by atoms with van der Waals surface area (Å²) in [6, 6.07) is -1.32. The van der Waals surface area contributed by atoms with Gasteiger partial charge in [-0.05, 0) is 33.6 Å². The molecule has 0 fully saturated rings. The van der Waals surface area contributed by atoms with Crippen molar-refractivity contribution in [2.45, 2.75) is 52.2 Å². The zero-order valence-electron chi connectivity index (χ0n) is 14.4. The number of carboxylic acids is 1. The van der Waals surface area contributed by atoms with Crippen LogP contribution in [-0.2, 0) is 19.1 Å². The number of nitrogens with zero attached hydrogens (tertiary/aromatic N) is 2. The van der Waals surface area contributed by atoms with Crippen LogP contribution >= 0.6 is 0 Å². The number of hydrogen-bond acceptors (Lipinski definition) is 5. The first-order valence-corrected chi connectivity index (χ1v) is 7.82. The van der Waals surface area contributed by atoms with Gasteiger partial charge in [-0.2, -0.15) is 0 Å². The molecule has 0 saturated carbocycles. The van der Waals surface area contributed by atoms with Crippen molar-refractivity contribution < 1.29 is 29.0 Å². The average molecular weight is 340 g/mol. The number of carbonyl (C=O) groups is 4. The Kier molecular flexibility index (Phi) is 6.51. The first-order valence-electron chi connectivity index (χ1n) is 7.82. The summed E-state index contributed by atoms with van der Waals surface area (Å²) in [6.45, 7) is 7.55. The Morgan fingerprint density at radius 3 is 2.17 bits per heavy atom. The van der Waals surface area contributed by atoms with Crippen LogP contribution in [0.15, 0.2) is 12.2 Å². The van der Waals surface area contributed by atoms with Crippen molar-refractivity contribution in [2.75, 3.05) is 13.1 Å².